The van der Waals surface area contributed by atoms with Crippen molar-refractivity contribution in [1.29, 1.82) is 0 Å². The lowest BCUT2D eigenvalue weighted by Gasteiger charge is -2.31. The summed E-state index contributed by atoms with van der Waals surface area (Å²) in [5.41, 5.74) is 1.90. The summed E-state index contributed by atoms with van der Waals surface area (Å²) >= 11 is 0. The van der Waals surface area contributed by atoms with Crippen molar-refractivity contribution < 1.29 is 18.4 Å². The number of benzene rings is 3. The first-order chi connectivity index (χ1) is 13.6. The average molecular weight is 395 g/mol. The molecule has 0 saturated heterocycles. The highest BCUT2D eigenvalue weighted by atomic mass is 31.2. The molecule has 3 aromatic carbocycles. The minimum atomic E-state index is -3.63. The lowest BCUT2D eigenvalue weighted by atomic mass is 10.1. The number of fused-ring (bicyclic) bond motifs is 2. The number of carbonyl (C=O) groups excluding carboxylic acids is 1. The second-order valence-electron chi connectivity index (χ2n) is 6.51. The van der Waals surface area contributed by atoms with Gasteiger partial charge in [0, 0.05) is 10.9 Å². The first-order valence-electron chi connectivity index (χ1n) is 9.39. The Morgan fingerprint density at radius 3 is 2.29 bits per heavy atom. The fourth-order valence-corrected chi connectivity index (χ4v) is 5.96. The van der Waals surface area contributed by atoms with E-state index in [1.807, 2.05) is 60.7 Å². The van der Waals surface area contributed by atoms with Crippen LogP contribution in [0.5, 0.6) is 0 Å². The lowest BCUT2D eigenvalue weighted by Crippen LogP contribution is -2.29. The van der Waals surface area contributed by atoms with Gasteiger partial charge in [-0.2, -0.15) is 0 Å². The van der Waals surface area contributed by atoms with E-state index in [9.17, 15) is 9.36 Å². The standard InChI is InChI=1S/C22H22NO4P/c1-3-26-28(25,27-4-2)22-19-14-8-7-13-18(19)21(24)23(22)20-15-9-11-16-10-5-6-12-17(16)20/h5-15,22H,3-4H2,1-2H3. The van der Waals surface area contributed by atoms with Gasteiger partial charge in [-0.15, -0.1) is 0 Å². The molecule has 0 aliphatic carbocycles. The molecule has 0 radical (unpaired) electrons. The molecule has 5 nitrogen and oxygen atoms in total. The van der Waals surface area contributed by atoms with Crippen LogP contribution >= 0.6 is 7.60 Å². The van der Waals surface area contributed by atoms with E-state index < -0.39 is 13.4 Å². The third-order valence-electron chi connectivity index (χ3n) is 4.88. The maximum atomic E-state index is 13.8. The molecule has 0 saturated carbocycles. The first-order valence-corrected chi connectivity index (χ1v) is 11.0. The van der Waals surface area contributed by atoms with E-state index in [0.29, 0.717) is 16.8 Å². The smallest absolute Gasteiger partial charge is 0.307 e. The highest BCUT2D eigenvalue weighted by molar-refractivity contribution is 7.54. The van der Waals surface area contributed by atoms with Crippen LogP contribution in [0.4, 0.5) is 5.69 Å². The molecule has 6 heteroatoms. The quantitative estimate of drug-likeness (QED) is 0.498. The van der Waals surface area contributed by atoms with Gasteiger partial charge < -0.3 is 9.05 Å². The molecule has 28 heavy (non-hydrogen) atoms. The molecule has 1 aliphatic rings. The predicted octanol–water partition coefficient (Wildman–Crippen LogP) is 5.76. The van der Waals surface area contributed by atoms with Gasteiger partial charge in [0.25, 0.3) is 5.91 Å². The molecule has 3 aromatic rings. The zero-order valence-corrected chi connectivity index (χ0v) is 16.8. The monoisotopic (exact) mass is 395 g/mol. The van der Waals surface area contributed by atoms with Gasteiger partial charge in [-0.05, 0) is 36.9 Å². The second-order valence-corrected chi connectivity index (χ2v) is 8.59. The highest BCUT2D eigenvalue weighted by Gasteiger charge is 2.50. The molecule has 0 N–H and O–H groups in total. The molecule has 1 unspecified atom stereocenters. The van der Waals surface area contributed by atoms with Crippen molar-refractivity contribution in [1.82, 2.24) is 0 Å². The Morgan fingerprint density at radius 1 is 0.893 bits per heavy atom. The second kappa shape index (κ2) is 7.51. The molecule has 1 atom stereocenters. The van der Waals surface area contributed by atoms with E-state index >= 15 is 0 Å². The Labute approximate surface area is 164 Å². The summed E-state index contributed by atoms with van der Waals surface area (Å²) in [4.78, 5) is 15.0. The molecule has 4 rings (SSSR count). The summed E-state index contributed by atoms with van der Waals surface area (Å²) in [6, 6.07) is 20.8. The molecule has 0 fully saturated rings. The summed E-state index contributed by atoms with van der Waals surface area (Å²) < 4.78 is 25.1. The number of hydrogen-bond donors (Lipinski definition) is 0. The number of amides is 1. The third kappa shape index (κ3) is 2.96. The molecular weight excluding hydrogens is 373 g/mol. The molecule has 1 aliphatic heterocycles. The number of hydrogen-bond acceptors (Lipinski definition) is 4. The van der Waals surface area contributed by atoms with Crippen LogP contribution in [-0.2, 0) is 13.6 Å². The van der Waals surface area contributed by atoms with Gasteiger partial charge in [0.2, 0.25) is 0 Å². The number of anilines is 1. The van der Waals surface area contributed by atoms with Gasteiger partial charge in [0.05, 0.1) is 18.9 Å². The highest BCUT2D eigenvalue weighted by Crippen LogP contribution is 2.65. The molecular formula is C22H22NO4P. The van der Waals surface area contributed by atoms with Crippen molar-refractivity contribution in [3.05, 3.63) is 77.9 Å². The Hall–Kier alpha value is -2.46. The van der Waals surface area contributed by atoms with Crippen LogP contribution in [-0.4, -0.2) is 19.1 Å². The average Bonchev–Trinajstić information content (AvgIpc) is 3.01. The van der Waals surface area contributed by atoms with E-state index in [0.717, 1.165) is 10.8 Å². The largest absolute Gasteiger partial charge is 0.357 e. The van der Waals surface area contributed by atoms with Gasteiger partial charge in [0.15, 0.2) is 5.78 Å². The van der Waals surface area contributed by atoms with Gasteiger partial charge >= 0.3 is 7.60 Å². The summed E-state index contributed by atoms with van der Waals surface area (Å²) in [7, 11) is -3.63. The minimum Gasteiger partial charge on any atom is -0.307 e. The van der Waals surface area contributed by atoms with Crippen molar-refractivity contribution in [3.63, 3.8) is 0 Å². The van der Waals surface area contributed by atoms with E-state index in [1.54, 1.807) is 24.8 Å². The van der Waals surface area contributed by atoms with Crippen LogP contribution < -0.4 is 4.90 Å². The Morgan fingerprint density at radius 2 is 1.54 bits per heavy atom. The number of rotatable bonds is 6. The maximum absolute atomic E-state index is 13.8. The van der Waals surface area contributed by atoms with Crippen molar-refractivity contribution in [3.8, 4) is 0 Å². The Balaban J connectivity index is 1.97. The molecule has 1 amide bonds. The summed E-state index contributed by atoms with van der Waals surface area (Å²) in [6.07, 6.45) is 0. The fraction of sp³-hybridized carbons (Fsp3) is 0.227. The number of nitrogens with zero attached hydrogens (tertiary/aromatic N) is 1. The maximum Gasteiger partial charge on any atom is 0.357 e. The fourth-order valence-electron chi connectivity index (χ4n) is 3.81. The van der Waals surface area contributed by atoms with Crippen molar-refractivity contribution in [2.45, 2.75) is 19.6 Å². The summed E-state index contributed by atoms with van der Waals surface area (Å²) in [5.74, 6) is -1.02. The molecule has 0 spiro atoms. The van der Waals surface area contributed by atoms with Gasteiger partial charge in [-0.25, -0.2) is 0 Å². The van der Waals surface area contributed by atoms with E-state index in [4.69, 9.17) is 9.05 Å². The van der Waals surface area contributed by atoms with Gasteiger partial charge in [0.1, 0.15) is 0 Å². The topological polar surface area (TPSA) is 55.8 Å². The van der Waals surface area contributed by atoms with E-state index in [-0.39, 0.29) is 19.1 Å². The van der Waals surface area contributed by atoms with Gasteiger partial charge in [-0.1, -0.05) is 54.6 Å². The zero-order valence-electron chi connectivity index (χ0n) is 15.9. The van der Waals surface area contributed by atoms with Crippen LogP contribution in [0.25, 0.3) is 10.8 Å². The van der Waals surface area contributed by atoms with Crippen LogP contribution in [0.1, 0.15) is 35.6 Å². The van der Waals surface area contributed by atoms with E-state index in [2.05, 4.69) is 0 Å². The minimum absolute atomic E-state index is 0.198. The van der Waals surface area contributed by atoms with E-state index in [1.165, 1.54) is 0 Å². The SMILES string of the molecule is CCOP(=O)(OCC)C1c2ccccc2C(=O)N1c1cccc2ccccc12. The lowest BCUT2D eigenvalue weighted by molar-refractivity contribution is 0.0991. The van der Waals surface area contributed by atoms with Gasteiger partial charge in [-0.3, -0.25) is 14.3 Å². The normalized spacial score (nSPS) is 16.6. The number of carbonyl (C=O) groups is 1. The van der Waals surface area contributed by atoms with Crippen LogP contribution in [0.15, 0.2) is 66.7 Å². The third-order valence-corrected chi connectivity index (χ3v) is 7.22. The molecule has 1 heterocycles. The Kier molecular flexibility index (Phi) is 5.07. The van der Waals surface area contributed by atoms with Crippen molar-refractivity contribution >= 4 is 30.0 Å². The van der Waals surface area contributed by atoms with Crippen LogP contribution in [0.2, 0.25) is 0 Å². The first kappa shape index (κ1) is 18.9. The summed E-state index contributed by atoms with van der Waals surface area (Å²) in [5, 5.41) is 1.92. The molecule has 0 aromatic heterocycles. The predicted molar refractivity (Wildman–Crippen MR) is 111 cm³/mol. The van der Waals surface area contributed by atoms with Crippen LogP contribution in [0.3, 0.4) is 0 Å². The summed E-state index contributed by atoms with van der Waals surface area (Å²) in [6.45, 7) is 4.01. The van der Waals surface area contributed by atoms with Crippen molar-refractivity contribution in [2.24, 2.45) is 0 Å². The zero-order chi connectivity index (χ0) is 19.7. The molecule has 144 valence electrons. The molecule has 0 bridgehead atoms. The Bertz CT molecular complexity index is 1070. The van der Waals surface area contributed by atoms with Crippen molar-refractivity contribution in [2.75, 3.05) is 18.1 Å². The van der Waals surface area contributed by atoms with Crippen LogP contribution in [0, 0.1) is 0 Å².